The van der Waals surface area contributed by atoms with Gasteiger partial charge < -0.3 is 24.3 Å². The zero-order valence-electron chi connectivity index (χ0n) is 17.6. The molecule has 30 heavy (non-hydrogen) atoms. The number of aromatic nitrogens is 1. The highest BCUT2D eigenvalue weighted by molar-refractivity contribution is 5.89. The van der Waals surface area contributed by atoms with Crippen LogP contribution in [0, 0.1) is 0 Å². The fraction of sp³-hybridized carbons (Fsp3) is 0.565. The standard InChI is InChI=1S/C23H31N3O4/c1-29-16-23(28)26(18-8-11-30-12-9-18)19-5-4-10-25(15-19)22(27)13-17-14-24-21-7-3-2-6-20(17)21/h2-3,6-7,14,18-19,24H,4-5,8-13,15-16H2,1H3. The summed E-state index contributed by atoms with van der Waals surface area (Å²) in [5.74, 6) is 0.135. The minimum Gasteiger partial charge on any atom is -0.381 e. The molecule has 1 aromatic carbocycles. The van der Waals surface area contributed by atoms with Crippen LogP contribution in [0.15, 0.2) is 30.5 Å². The van der Waals surface area contributed by atoms with E-state index in [2.05, 4.69) is 4.98 Å². The number of ether oxygens (including phenoxy) is 2. The number of para-hydroxylation sites is 1. The van der Waals surface area contributed by atoms with Crippen molar-refractivity contribution in [1.29, 1.82) is 0 Å². The molecule has 162 valence electrons. The van der Waals surface area contributed by atoms with E-state index < -0.39 is 0 Å². The van der Waals surface area contributed by atoms with Gasteiger partial charge in [0.05, 0.1) is 6.42 Å². The first-order chi connectivity index (χ1) is 14.7. The predicted octanol–water partition coefficient (Wildman–Crippen LogP) is 2.36. The van der Waals surface area contributed by atoms with E-state index in [0.29, 0.717) is 26.2 Å². The average molecular weight is 414 g/mol. The van der Waals surface area contributed by atoms with Gasteiger partial charge in [0, 0.05) is 62.6 Å². The summed E-state index contributed by atoms with van der Waals surface area (Å²) in [5.41, 5.74) is 2.07. The molecule has 0 radical (unpaired) electrons. The third kappa shape index (κ3) is 4.52. The van der Waals surface area contributed by atoms with Crippen molar-refractivity contribution in [3.8, 4) is 0 Å². The maximum Gasteiger partial charge on any atom is 0.249 e. The number of fused-ring (bicyclic) bond motifs is 1. The lowest BCUT2D eigenvalue weighted by atomic mass is 9.98. The van der Waals surface area contributed by atoms with Gasteiger partial charge in [0.1, 0.15) is 6.61 Å². The van der Waals surface area contributed by atoms with Gasteiger partial charge in [0.2, 0.25) is 11.8 Å². The molecule has 2 fully saturated rings. The van der Waals surface area contributed by atoms with Crippen molar-refractivity contribution in [3.63, 3.8) is 0 Å². The molecule has 0 spiro atoms. The molecular formula is C23H31N3O4. The highest BCUT2D eigenvalue weighted by Gasteiger charge is 2.35. The Morgan fingerprint density at radius 1 is 1.20 bits per heavy atom. The number of amides is 2. The molecule has 2 saturated heterocycles. The van der Waals surface area contributed by atoms with Crippen LogP contribution in [0.3, 0.4) is 0 Å². The van der Waals surface area contributed by atoms with Gasteiger partial charge in [0.15, 0.2) is 0 Å². The minimum absolute atomic E-state index is 0.0142. The fourth-order valence-electron chi connectivity index (χ4n) is 4.83. The first kappa shape index (κ1) is 20.9. The summed E-state index contributed by atoms with van der Waals surface area (Å²) >= 11 is 0. The number of hydrogen-bond donors (Lipinski definition) is 1. The Morgan fingerprint density at radius 3 is 2.80 bits per heavy atom. The van der Waals surface area contributed by atoms with E-state index in [4.69, 9.17) is 9.47 Å². The summed E-state index contributed by atoms with van der Waals surface area (Å²) in [6.45, 7) is 2.78. The van der Waals surface area contributed by atoms with Gasteiger partial charge in [-0.25, -0.2) is 0 Å². The van der Waals surface area contributed by atoms with E-state index in [1.165, 1.54) is 0 Å². The molecule has 1 aromatic heterocycles. The topological polar surface area (TPSA) is 74.9 Å². The molecule has 4 rings (SSSR count). The Hall–Kier alpha value is -2.38. The molecule has 3 heterocycles. The van der Waals surface area contributed by atoms with Gasteiger partial charge in [-0.1, -0.05) is 18.2 Å². The smallest absolute Gasteiger partial charge is 0.249 e. The number of carbonyl (C=O) groups excluding carboxylic acids is 2. The van der Waals surface area contributed by atoms with Gasteiger partial charge in [-0.15, -0.1) is 0 Å². The summed E-state index contributed by atoms with van der Waals surface area (Å²) in [4.78, 5) is 33.2. The number of nitrogens with one attached hydrogen (secondary N) is 1. The molecular weight excluding hydrogens is 382 g/mol. The minimum atomic E-state index is 0.0142. The van der Waals surface area contributed by atoms with E-state index in [9.17, 15) is 9.59 Å². The molecule has 2 aromatic rings. The number of benzene rings is 1. The molecule has 7 heteroatoms. The number of methoxy groups -OCH3 is 1. The van der Waals surface area contributed by atoms with Crippen molar-refractivity contribution in [2.45, 2.75) is 44.2 Å². The SMILES string of the molecule is COCC(=O)N(C1CCOCC1)C1CCCN(C(=O)Cc2c[nH]c3ccccc23)C1. The highest BCUT2D eigenvalue weighted by atomic mass is 16.5. The first-order valence-corrected chi connectivity index (χ1v) is 10.9. The zero-order valence-corrected chi connectivity index (χ0v) is 17.6. The van der Waals surface area contributed by atoms with Crippen LogP contribution in [0.4, 0.5) is 0 Å². The van der Waals surface area contributed by atoms with Crippen molar-refractivity contribution < 1.29 is 19.1 Å². The van der Waals surface area contributed by atoms with Crippen LogP contribution in [-0.2, 0) is 25.5 Å². The Morgan fingerprint density at radius 2 is 2.00 bits per heavy atom. The highest BCUT2D eigenvalue weighted by Crippen LogP contribution is 2.25. The van der Waals surface area contributed by atoms with E-state index >= 15 is 0 Å². The summed E-state index contributed by atoms with van der Waals surface area (Å²) < 4.78 is 10.6. The molecule has 1 N–H and O–H groups in total. The van der Waals surface area contributed by atoms with Crippen LogP contribution in [-0.4, -0.2) is 78.7 Å². The van der Waals surface area contributed by atoms with E-state index in [1.54, 1.807) is 7.11 Å². The number of nitrogens with zero attached hydrogens (tertiary/aromatic N) is 2. The van der Waals surface area contributed by atoms with Gasteiger partial charge in [-0.3, -0.25) is 9.59 Å². The average Bonchev–Trinajstić information content (AvgIpc) is 3.18. The molecule has 7 nitrogen and oxygen atoms in total. The lowest BCUT2D eigenvalue weighted by molar-refractivity contribution is -0.147. The van der Waals surface area contributed by atoms with Crippen LogP contribution >= 0.6 is 0 Å². The van der Waals surface area contributed by atoms with Crippen LogP contribution in [0.1, 0.15) is 31.2 Å². The molecule has 0 aliphatic carbocycles. The number of rotatable bonds is 6. The zero-order chi connectivity index (χ0) is 20.9. The molecule has 1 atom stereocenters. The second-order valence-corrected chi connectivity index (χ2v) is 8.25. The van der Waals surface area contributed by atoms with Gasteiger partial charge in [-0.2, -0.15) is 0 Å². The molecule has 0 saturated carbocycles. The van der Waals surface area contributed by atoms with Gasteiger partial charge in [0.25, 0.3) is 0 Å². The number of H-pyrrole nitrogens is 1. The second-order valence-electron chi connectivity index (χ2n) is 8.25. The number of carbonyl (C=O) groups is 2. The van der Waals surface area contributed by atoms with Gasteiger partial charge >= 0.3 is 0 Å². The van der Waals surface area contributed by atoms with Crippen LogP contribution in [0.25, 0.3) is 10.9 Å². The van der Waals surface area contributed by atoms with E-state index in [0.717, 1.165) is 48.7 Å². The van der Waals surface area contributed by atoms with Crippen molar-refractivity contribution in [2.75, 3.05) is 40.0 Å². The van der Waals surface area contributed by atoms with Gasteiger partial charge in [-0.05, 0) is 37.3 Å². The normalized spacial score (nSPS) is 20.4. The van der Waals surface area contributed by atoms with Crippen molar-refractivity contribution in [3.05, 3.63) is 36.0 Å². The monoisotopic (exact) mass is 413 g/mol. The maximum atomic E-state index is 13.1. The quantitative estimate of drug-likeness (QED) is 0.789. The molecule has 0 bridgehead atoms. The summed E-state index contributed by atoms with van der Waals surface area (Å²) in [5, 5.41) is 1.10. The van der Waals surface area contributed by atoms with Crippen LogP contribution in [0.5, 0.6) is 0 Å². The number of piperidine rings is 1. The Labute approximate surface area is 177 Å². The summed E-state index contributed by atoms with van der Waals surface area (Å²) in [7, 11) is 1.55. The summed E-state index contributed by atoms with van der Waals surface area (Å²) in [6.07, 6.45) is 5.82. The van der Waals surface area contributed by atoms with Crippen LogP contribution in [0.2, 0.25) is 0 Å². The lowest BCUT2D eigenvalue weighted by Gasteiger charge is -2.44. The van der Waals surface area contributed by atoms with E-state index in [1.807, 2.05) is 40.3 Å². The molecule has 2 amide bonds. The Kier molecular flexibility index (Phi) is 6.69. The summed E-state index contributed by atoms with van der Waals surface area (Å²) in [6, 6.07) is 8.25. The predicted molar refractivity (Wildman–Crippen MR) is 114 cm³/mol. The second kappa shape index (κ2) is 9.62. The van der Waals surface area contributed by atoms with E-state index in [-0.39, 0.29) is 30.5 Å². The largest absolute Gasteiger partial charge is 0.381 e. The molecule has 1 unspecified atom stereocenters. The fourth-order valence-corrected chi connectivity index (χ4v) is 4.83. The van der Waals surface area contributed by atoms with Crippen molar-refractivity contribution in [2.24, 2.45) is 0 Å². The first-order valence-electron chi connectivity index (χ1n) is 10.9. The van der Waals surface area contributed by atoms with Crippen molar-refractivity contribution in [1.82, 2.24) is 14.8 Å². The number of hydrogen-bond acceptors (Lipinski definition) is 4. The molecule has 2 aliphatic heterocycles. The lowest BCUT2D eigenvalue weighted by Crippen LogP contribution is -2.57. The third-order valence-electron chi connectivity index (χ3n) is 6.30. The Balaban J connectivity index is 1.46. The number of aromatic amines is 1. The molecule has 2 aliphatic rings. The third-order valence-corrected chi connectivity index (χ3v) is 6.30. The van der Waals surface area contributed by atoms with Crippen molar-refractivity contribution >= 4 is 22.7 Å². The van der Waals surface area contributed by atoms with Crippen LogP contribution < -0.4 is 0 Å². The number of likely N-dealkylation sites (tertiary alicyclic amines) is 1. The maximum absolute atomic E-state index is 13.1. The Bertz CT molecular complexity index is 874.